The van der Waals surface area contributed by atoms with Crippen molar-refractivity contribution in [1.82, 2.24) is 4.90 Å². The van der Waals surface area contributed by atoms with Crippen molar-refractivity contribution >= 4 is 15.9 Å². The number of halogens is 1. The fourth-order valence-corrected chi connectivity index (χ4v) is 2.38. The molecule has 0 saturated carbocycles. The van der Waals surface area contributed by atoms with E-state index in [1.165, 1.54) is 35.0 Å². The number of rotatable bonds is 3. The number of hydrogen-bond acceptors (Lipinski definition) is 1. The molecule has 0 fully saturated rings. The molecule has 0 N–H and O–H groups in total. The quantitative estimate of drug-likeness (QED) is 0.797. The molecule has 0 radical (unpaired) electrons. The summed E-state index contributed by atoms with van der Waals surface area (Å²) in [5.41, 5.74) is 3.00. The molecule has 1 aliphatic heterocycles. The molecule has 0 bridgehead atoms. The van der Waals surface area contributed by atoms with Crippen molar-refractivity contribution in [3.8, 4) is 0 Å². The highest BCUT2D eigenvalue weighted by Crippen LogP contribution is 2.25. The molecule has 0 amide bonds. The number of unbranched alkanes of at least 4 members (excludes halogenated alkanes) is 1. The Labute approximate surface area is 94.2 Å². The molecule has 14 heavy (non-hydrogen) atoms. The second-order valence-electron chi connectivity index (χ2n) is 3.98. The van der Waals surface area contributed by atoms with Gasteiger partial charge in [-0.3, -0.25) is 4.90 Å². The smallest absolute Gasteiger partial charge is 0.0240 e. The summed E-state index contributed by atoms with van der Waals surface area (Å²) in [4.78, 5) is 2.53. The van der Waals surface area contributed by atoms with E-state index in [2.05, 4.69) is 46.0 Å². The normalized spacial score (nSPS) is 15.9. The second kappa shape index (κ2) is 4.45. The van der Waals surface area contributed by atoms with Gasteiger partial charge in [0.15, 0.2) is 0 Å². The van der Waals surface area contributed by atoms with E-state index < -0.39 is 0 Å². The van der Waals surface area contributed by atoms with Crippen molar-refractivity contribution in [2.45, 2.75) is 32.9 Å². The van der Waals surface area contributed by atoms with Crippen LogP contribution in [0.4, 0.5) is 0 Å². The zero-order chi connectivity index (χ0) is 9.97. The molecule has 2 heteroatoms. The van der Waals surface area contributed by atoms with Gasteiger partial charge in [-0.2, -0.15) is 0 Å². The molecule has 1 nitrogen and oxygen atoms in total. The van der Waals surface area contributed by atoms with E-state index in [4.69, 9.17) is 0 Å². The summed E-state index contributed by atoms with van der Waals surface area (Å²) >= 11 is 3.52. The Bertz CT molecular complexity index is 322. The van der Waals surface area contributed by atoms with Gasteiger partial charge in [-0.15, -0.1) is 0 Å². The predicted octanol–water partition coefficient (Wildman–Crippen LogP) is 3.56. The minimum absolute atomic E-state index is 1.13. The highest BCUT2D eigenvalue weighted by molar-refractivity contribution is 9.10. The number of fused-ring (bicyclic) bond motifs is 1. The van der Waals surface area contributed by atoms with Crippen molar-refractivity contribution in [2.75, 3.05) is 6.54 Å². The lowest BCUT2D eigenvalue weighted by atomic mass is 10.1. The molecule has 1 heterocycles. The predicted molar refractivity (Wildman–Crippen MR) is 63.2 cm³/mol. The van der Waals surface area contributed by atoms with Crippen LogP contribution in [-0.4, -0.2) is 11.4 Å². The minimum atomic E-state index is 1.13. The Balaban J connectivity index is 2.03. The molecule has 0 unspecified atom stereocenters. The van der Waals surface area contributed by atoms with E-state index in [-0.39, 0.29) is 0 Å². The maximum absolute atomic E-state index is 3.52. The molecule has 2 rings (SSSR count). The van der Waals surface area contributed by atoms with Crippen LogP contribution in [0.3, 0.4) is 0 Å². The van der Waals surface area contributed by atoms with Crippen LogP contribution in [0.15, 0.2) is 22.7 Å². The first-order chi connectivity index (χ1) is 6.79. The number of nitrogens with zero attached hydrogens (tertiary/aromatic N) is 1. The monoisotopic (exact) mass is 253 g/mol. The maximum atomic E-state index is 3.52. The van der Waals surface area contributed by atoms with Crippen LogP contribution in [0, 0.1) is 0 Å². The summed E-state index contributed by atoms with van der Waals surface area (Å²) in [6, 6.07) is 6.63. The minimum Gasteiger partial charge on any atom is -0.295 e. The van der Waals surface area contributed by atoms with Gasteiger partial charge in [-0.25, -0.2) is 0 Å². The number of hydrogen-bond donors (Lipinski definition) is 0. The van der Waals surface area contributed by atoms with Gasteiger partial charge < -0.3 is 0 Å². The molecule has 1 aliphatic rings. The molecule has 0 spiro atoms. The Morgan fingerprint density at radius 2 is 2.07 bits per heavy atom. The molecule has 1 aromatic rings. The van der Waals surface area contributed by atoms with Crippen LogP contribution in [0.1, 0.15) is 30.9 Å². The van der Waals surface area contributed by atoms with Gasteiger partial charge in [0.25, 0.3) is 0 Å². The third kappa shape index (κ3) is 2.18. The highest BCUT2D eigenvalue weighted by atomic mass is 79.9. The lowest BCUT2D eigenvalue weighted by molar-refractivity contribution is 0.279. The van der Waals surface area contributed by atoms with Crippen molar-refractivity contribution in [1.29, 1.82) is 0 Å². The molecule has 0 aromatic heterocycles. The Kier molecular flexibility index (Phi) is 3.24. The Morgan fingerprint density at radius 1 is 1.29 bits per heavy atom. The summed E-state index contributed by atoms with van der Waals surface area (Å²) in [5.74, 6) is 0. The van der Waals surface area contributed by atoms with E-state index in [1.807, 2.05) is 0 Å². The van der Waals surface area contributed by atoms with E-state index >= 15 is 0 Å². The molecule has 0 atom stereocenters. The van der Waals surface area contributed by atoms with Crippen LogP contribution >= 0.6 is 15.9 Å². The van der Waals surface area contributed by atoms with E-state index in [0.29, 0.717) is 0 Å². The largest absolute Gasteiger partial charge is 0.295 e. The molecule has 1 aromatic carbocycles. The standard InChI is InChI=1S/C12H16BrN/c1-2-3-6-14-8-10-4-5-12(13)7-11(10)9-14/h4-5,7H,2-3,6,8-9H2,1H3. The topological polar surface area (TPSA) is 3.24 Å². The second-order valence-corrected chi connectivity index (χ2v) is 4.89. The Morgan fingerprint density at radius 3 is 2.86 bits per heavy atom. The number of benzene rings is 1. The summed E-state index contributed by atoms with van der Waals surface area (Å²) < 4.78 is 1.20. The van der Waals surface area contributed by atoms with Crippen molar-refractivity contribution in [3.63, 3.8) is 0 Å². The molecular formula is C12H16BrN. The molecule has 76 valence electrons. The van der Waals surface area contributed by atoms with E-state index in [9.17, 15) is 0 Å². The van der Waals surface area contributed by atoms with Gasteiger partial charge in [0.1, 0.15) is 0 Å². The van der Waals surface area contributed by atoms with Gasteiger partial charge in [-0.05, 0) is 36.2 Å². The zero-order valence-corrected chi connectivity index (χ0v) is 10.2. The van der Waals surface area contributed by atoms with Gasteiger partial charge in [0.2, 0.25) is 0 Å². The molecule has 0 saturated heterocycles. The lowest BCUT2D eigenvalue weighted by Crippen LogP contribution is -2.17. The van der Waals surface area contributed by atoms with Crippen LogP contribution in [0.25, 0.3) is 0 Å². The van der Waals surface area contributed by atoms with Crippen molar-refractivity contribution in [3.05, 3.63) is 33.8 Å². The Hall–Kier alpha value is -0.340. The van der Waals surface area contributed by atoms with Crippen LogP contribution in [0.5, 0.6) is 0 Å². The molecular weight excluding hydrogens is 238 g/mol. The van der Waals surface area contributed by atoms with Crippen molar-refractivity contribution < 1.29 is 0 Å². The summed E-state index contributed by atoms with van der Waals surface area (Å²) in [7, 11) is 0. The fraction of sp³-hybridized carbons (Fsp3) is 0.500. The van der Waals surface area contributed by atoms with Crippen LogP contribution in [-0.2, 0) is 13.1 Å². The average Bonchev–Trinajstić information content (AvgIpc) is 2.56. The summed E-state index contributed by atoms with van der Waals surface area (Å²) in [6.07, 6.45) is 2.60. The van der Waals surface area contributed by atoms with Gasteiger partial charge >= 0.3 is 0 Å². The third-order valence-electron chi connectivity index (χ3n) is 2.78. The maximum Gasteiger partial charge on any atom is 0.0240 e. The lowest BCUT2D eigenvalue weighted by Gasteiger charge is -2.13. The van der Waals surface area contributed by atoms with Crippen molar-refractivity contribution in [2.24, 2.45) is 0 Å². The summed E-state index contributed by atoms with van der Waals surface area (Å²) in [5, 5.41) is 0. The first-order valence-corrected chi connectivity index (χ1v) is 6.08. The van der Waals surface area contributed by atoms with Gasteiger partial charge in [0, 0.05) is 17.6 Å². The van der Waals surface area contributed by atoms with E-state index in [0.717, 1.165) is 13.1 Å². The van der Waals surface area contributed by atoms with Gasteiger partial charge in [-0.1, -0.05) is 35.3 Å². The third-order valence-corrected chi connectivity index (χ3v) is 3.28. The SMILES string of the molecule is CCCCN1Cc2ccc(Br)cc2C1. The van der Waals surface area contributed by atoms with Gasteiger partial charge in [0.05, 0.1) is 0 Å². The highest BCUT2D eigenvalue weighted by Gasteiger charge is 2.17. The average molecular weight is 254 g/mol. The molecule has 0 aliphatic carbocycles. The first kappa shape index (κ1) is 10.2. The first-order valence-electron chi connectivity index (χ1n) is 5.29. The van der Waals surface area contributed by atoms with E-state index in [1.54, 1.807) is 0 Å². The van der Waals surface area contributed by atoms with Crippen LogP contribution in [0.2, 0.25) is 0 Å². The van der Waals surface area contributed by atoms with Crippen LogP contribution < -0.4 is 0 Å². The fourth-order valence-electron chi connectivity index (χ4n) is 1.97. The summed E-state index contributed by atoms with van der Waals surface area (Å²) in [6.45, 7) is 5.76. The zero-order valence-electron chi connectivity index (χ0n) is 8.59.